The first kappa shape index (κ1) is 24.8. The highest BCUT2D eigenvalue weighted by molar-refractivity contribution is 7.74. The minimum atomic E-state index is -3.11. The van der Waals surface area contributed by atoms with Gasteiger partial charge < -0.3 is 4.52 Å². The van der Waals surface area contributed by atoms with Crippen LogP contribution >= 0.6 is 7.37 Å². The van der Waals surface area contributed by atoms with E-state index in [9.17, 15) is 14.2 Å². The second-order valence-corrected chi connectivity index (χ2v) is 10.5. The summed E-state index contributed by atoms with van der Waals surface area (Å²) in [7, 11) is -3.11. The Morgan fingerprint density at radius 2 is 1.12 bits per heavy atom. The zero-order valence-electron chi connectivity index (χ0n) is 18.9. The number of ketones is 2. The zero-order valence-corrected chi connectivity index (χ0v) is 19.8. The maximum Gasteiger partial charge on any atom is 0.261 e. The van der Waals surface area contributed by atoms with E-state index in [2.05, 4.69) is 0 Å². The van der Waals surface area contributed by atoms with Gasteiger partial charge >= 0.3 is 0 Å². The van der Waals surface area contributed by atoms with Crippen LogP contribution in [0.25, 0.3) is 0 Å². The van der Waals surface area contributed by atoms with E-state index in [1.165, 1.54) is 0 Å². The van der Waals surface area contributed by atoms with Crippen molar-refractivity contribution in [3.63, 3.8) is 0 Å². The molecule has 5 heteroatoms. The molecular weight excluding hydrogens is 431 g/mol. The predicted molar refractivity (Wildman–Crippen MR) is 134 cm³/mol. The van der Waals surface area contributed by atoms with Crippen LogP contribution in [0.15, 0.2) is 91.0 Å². The molecule has 0 aliphatic rings. The minimum absolute atomic E-state index is 0.00107. The molecule has 0 spiro atoms. The topological polar surface area (TPSA) is 60.4 Å². The number of carbonyl (C=O) groups excluding carboxylic acids is 2. The van der Waals surface area contributed by atoms with Gasteiger partial charge in [-0.1, -0.05) is 86.0 Å². The SMILES string of the molecule is O=C(CCCCCCCOP(=O)(c1ccccc1)c1ccccc1)CC(=O)c1ccccc1. The molecule has 3 aromatic carbocycles. The molecule has 3 rings (SSSR count). The Kier molecular flexibility index (Phi) is 9.80. The van der Waals surface area contributed by atoms with Gasteiger partial charge in [0.25, 0.3) is 7.37 Å². The van der Waals surface area contributed by atoms with Crippen LogP contribution in [-0.4, -0.2) is 18.2 Å². The first-order chi connectivity index (χ1) is 16.1. The third kappa shape index (κ3) is 7.63. The van der Waals surface area contributed by atoms with Gasteiger partial charge in [0, 0.05) is 22.6 Å². The summed E-state index contributed by atoms with van der Waals surface area (Å²) in [5.74, 6) is -0.113. The van der Waals surface area contributed by atoms with Crippen LogP contribution in [0, 0.1) is 0 Å². The smallest absolute Gasteiger partial charge is 0.261 e. The van der Waals surface area contributed by atoms with Crippen molar-refractivity contribution >= 4 is 29.5 Å². The van der Waals surface area contributed by atoms with Crippen LogP contribution in [0.1, 0.15) is 55.3 Å². The van der Waals surface area contributed by atoms with E-state index in [1.807, 2.05) is 66.7 Å². The lowest BCUT2D eigenvalue weighted by atomic mass is 10.0. The van der Waals surface area contributed by atoms with Crippen LogP contribution in [0.3, 0.4) is 0 Å². The van der Waals surface area contributed by atoms with Gasteiger partial charge in [0.05, 0.1) is 13.0 Å². The van der Waals surface area contributed by atoms with Gasteiger partial charge in [0.2, 0.25) is 0 Å². The Balaban J connectivity index is 1.35. The lowest BCUT2D eigenvalue weighted by Gasteiger charge is -2.19. The van der Waals surface area contributed by atoms with Crippen molar-refractivity contribution in [1.29, 1.82) is 0 Å². The van der Waals surface area contributed by atoms with Gasteiger partial charge in [0.1, 0.15) is 5.78 Å². The molecule has 4 nitrogen and oxygen atoms in total. The molecule has 0 N–H and O–H groups in total. The van der Waals surface area contributed by atoms with E-state index in [-0.39, 0.29) is 18.0 Å². The Labute approximate surface area is 196 Å². The molecule has 0 aliphatic heterocycles. The van der Waals surface area contributed by atoms with Gasteiger partial charge in [0.15, 0.2) is 5.78 Å². The fourth-order valence-corrected chi connectivity index (χ4v) is 5.80. The summed E-state index contributed by atoms with van der Waals surface area (Å²) in [4.78, 5) is 24.2. The standard InChI is InChI=1S/C28H31O4P/c29-25(23-28(30)24-15-7-4-8-16-24)17-9-2-1-3-14-22-32-33(31,26-18-10-5-11-19-26)27-20-12-6-13-21-27/h4-8,10-13,15-16,18-21H,1-3,9,14,17,22-23H2. The number of benzene rings is 3. The Morgan fingerprint density at radius 3 is 1.70 bits per heavy atom. The number of carbonyl (C=O) groups is 2. The minimum Gasteiger partial charge on any atom is -0.322 e. The fourth-order valence-electron chi connectivity index (χ4n) is 3.69. The van der Waals surface area contributed by atoms with E-state index in [0.717, 1.165) is 32.1 Å². The zero-order chi connectivity index (χ0) is 23.4. The highest BCUT2D eigenvalue weighted by atomic mass is 31.2. The van der Waals surface area contributed by atoms with Crippen molar-refractivity contribution in [2.45, 2.75) is 44.9 Å². The maximum absolute atomic E-state index is 13.7. The van der Waals surface area contributed by atoms with E-state index in [4.69, 9.17) is 4.52 Å². The van der Waals surface area contributed by atoms with Crippen molar-refractivity contribution in [3.05, 3.63) is 96.6 Å². The third-order valence-corrected chi connectivity index (χ3v) is 8.02. The first-order valence-electron chi connectivity index (χ1n) is 11.6. The molecule has 0 saturated carbocycles. The monoisotopic (exact) mass is 462 g/mol. The Morgan fingerprint density at radius 1 is 0.636 bits per heavy atom. The van der Waals surface area contributed by atoms with E-state index in [1.54, 1.807) is 24.3 Å². The summed E-state index contributed by atoms with van der Waals surface area (Å²) in [5, 5.41) is 1.42. The lowest BCUT2D eigenvalue weighted by Crippen LogP contribution is -2.18. The number of rotatable bonds is 14. The molecule has 0 radical (unpaired) electrons. The van der Waals surface area contributed by atoms with E-state index in [0.29, 0.717) is 29.2 Å². The van der Waals surface area contributed by atoms with Gasteiger partial charge in [-0.3, -0.25) is 14.2 Å². The Hall–Kier alpha value is -2.81. The summed E-state index contributed by atoms with van der Waals surface area (Å²) in [6.45, 7) is 0.422. The molecule has 172 valence electrons. The molecule has 0 atom stereocenters. The lowest BCUT2D eigenvalue weighted by molar-refractivity contribution is -0.118. The molecule has 0 amide bonds. The number of hydrogen-bond acceptors (Lipinski definition) is 4. The highest BCUT2D eigenvalue weighted by Crippen LogP contribution is 2.44. The van der Waals surface area contributed by atoms with E-state index < -0.39 is 7.37 Å². The van der Waals surface area contributed by atoms with Crippen LogP contribution in [-0.2, 0) is 13.9 Å². The molecular formula is C28H31O4P. The average molecular weight is 463 g/mol. The van der Waals surface area contributed by atoms with Crippen LogP contribution in [0.4, 0.5) is 0 Å². The molecule has 0 bridgehead atoms. The van der Waals surface area contributed by atoms with Gasteiger partial charge in [-0.25, -0.2) is 0 Å². The summed E-state index contributed by atoms with van der Waals surface area (Å²) in [5.41, 5.74) is 0.592. The van der Waals surface area contributed by atoms with Gasteiger partial charge in [-0.05, 0) is 37.1 Å². The summed E-state index contributed by atoms with van der Waals surface area (Å²) in [6, 6.07) is 27.7. The van der Waals surface area contributed by atoms with Crippen molar-refractivity contribution < 1.29 is 18.7 Å². The van der Waals surface area contributed by atoms with E-state index >= 15 is 0 Å². The quantitative estimate of drug-likeness (QED) is 0.125. The first-order valence-corrected chi connectivity index (χ1v) is 13.2. The van der Waals surface area contributed by atoms with Crippen LogP contribution in [0.2, 0.25) is 0 Å². The second kappa shape index (κ2) is 13.0. The normalized spacial score (nSPS) is 11.3. The number of unbranched alkanes of at least 4 members (excludes halogenated alkanes) is 4. The fraction of sp³-hybridized carbons (Fsp3) is 0.286. The maximum atomic E-state index is 13.7. The average Bonchev–Trinajstić information content (AvgIpc) is 2.87. The van der Waals surface area contributed by atoms with Gasteiger partial charge in [-0.15, -0.1) is 0 Å². The second-order valence-electron chi connectivity index (χ2n) is 8.08. The molecule has 0 aliphatic carbocycles. The molecule has 0 aromatic heterocycles. The summed E-state index contributed by atoms with van der Waals surface area (Å²) in [6.07, 6.45) is 4.86. The van der Waals surface area contributed by atoms with Gasteiger partial charge in [-0.2, -0.15) is 0 Å². The third-order valence-electron chi connectivity index (χ3n) is 5.52. The summed E-state index contributed by atoms with van der Waals surface area (Å²) < 4.78 is 19.7. The van der Waals surface area contributed by atoms with Crippen LogP contribution < -0.4 is 10.6 Å². The van der Waals surface area contributed by atoms with Crippen molar-refractivity contribution in [1.82, 2.24) is 0 Å². The van der Waals surface area contributed by atoms with Crippen molar-refractivity contribution in [3.8, 4) is 0 Å². The molecule has 3 aromatic rings. The molecule has 0 fully saturated rings. The number of Topliss-reactive ketones (excluding diaryl/α,β-unsaturated/α-hetero) is 2. The molecule has 33 heavy (non-hydrogen) atoms. The molecule has 0 heterocycles. The largest absolute Gasteiger partial charge is 0.322 e. The van der Waals surface area contributed by atoms with Crippen molar-refractivity contribution in [2.75, 3.05) is 6.61 Å². The predicted octanol–water partition coefficient (Wildman–Crippen LogP) is 6.11. The van der Waals surface area contributed by atoms with Crippen molar-refractivity contribution in [2.24, 2.45) is 0 Å². The highest BCUT2D eigenvalue weighted by Gasteiger charge is 2.28. The summed E-state index contributed by atoms with van der Waals surface area (Å²) >= 11 is 0. The molecule has 0 unspecified atom stereocenters. The Bertz CT molecular complexity index is 1010. The van der Waals surface area contributed by atoms with Crippen LogP contribution in [0.5, 0.6) is 0 Å². The number of hydrogen-bond donors (Lipinski definition) is 0. The molecule has 0 saturated heterocycles.